The van der Waals surface area contributed by atoms with Crippen LogP contribution in [0.25, 0.3) is 0 Å². The van der Waals surface area contributed by atoms with Crippen molar-refractivity contribution < 1.29 is 13.6 Å². The summed E-state index contributed by atoms with van der Waals surface area (Å²) in [6.07, 6.45) is 0. The molecule has 0 fully saturated rings. The summed E-state index contributed by atoms with van der Waals surface area (Å²) in [4.78, 5) is 4.71. The van der Waals surface area contributed by atoms with Crippen molar-refractivity contribution in [3.8, 4) is 0 Å². The molecule has 0 aliphatic carbocycles. The van der Waals surface area contributed by atoms with Gasteiger partial charge in [0.25, 0.3) is 0 Å². The molecular formula is C7H7FO2S. The van der Waals surface area contributed by atoms with E-state index in [2.05, 4.69) is 9.22 Å². The zero-order valence-corrected chi connectivity index (χ0v) is 6.73. The lowest BCUT2D eigenvalue weighted by molar-refractivity contribution is -0.160. The monoisotopic (exact) mass is 174 g/mol. The molecule has 1 rings (SSSR count). The highest BCUT2D eigenvalue weighted by atomic mass is 32.2. The van der Waals surface area contributed by atoms with Crippen molar-refractivity contribution in [1.82, 2.24) is 0 Å². The molecule has 0 amide bonds. The summed E-state index contributed by atoms with van der Waals surface area (Å²) in [6.45, 7) is 0. The Hall–Kier alpha value is -0.580. The van der Waals surface area contributed by atoms with E-state index in [1.807, 2.05) is 0 Å². The molecule has 1 aromatic rings. The summed E-state index contributed by atoms with van der Waals surface area (Å²) in [5.74, 6) is -0.311. The van der Waals surface area contributed by atoms with E-state index < -0.39 is 0 Å². The van der Waals surface area contributed by atoms with E-state index >= 15 is 0 Å². The highest BCUT2D eigenvalue weighted by Gasteiger charge is 2.00. The van der Waals surface area contributed by atoms with Crippen LogP contribution >= 0.6 is 12.0 Å². The average molecular weight is 174 g/mol. The molecule has 1 aromatic carbocycles. The Balaban J connectivity index is 2.62. The van der Waals surface area contributed by atoms with Gasteiger partial charge in [-0.1, -0.05) is 12.1 Å². The highest BCUT2D eigenvalue weighted by Crippen LogP contribution is 2.21. The number of hydrogen-bond acceptors (Lipinski definition) is 3. The van der Waals surface area contributed by atoms with Gasteiger partial charge in [0.05, 0.1) is 24.0 Å². The summed E-state index contributed by atoms with van der Waals surface area (Å²) in [5, 5.41) is 0. The van der Waals surface area contributed by atoms with Crippen LogP contribution in [-0.2, 0) is 9.22 Å². The first-order valence-electron chi connectivity index (χ1n) is 2.96. The molecule has 60 valence electrons. The van der Waals surface area contributed by atoms with Crippen molar-refractivity contribution in [2.75, 3.05) is 7.11 Å². The van der Waals surface area contributed by atoms with Crippen molar-refractivity contribution in [1.29, 1.82) is 0 Å². The van der Waals surface area contributed by atoms with Crippen molar-refractivity contribution >= 4 is 12.0 Å². The first-order chi connectivity index (χ1) is 5.34. The summed E-state index contributed by atoms with van der Waals surface area (Å²) < 4.78 is 17.2. The van der Waals surface area contributed by atoms with Gasteiger partial charge in [0.1, 0.15) is 5.82 Å². The minimum absolute atomic E-state index is 0.311. The molecule has 0 N–H and O–H groups in total. The lowest BCUT2D eigenvalue weighted by Gasteiger charge is -1.98. The van der Waals surface area contributed by atoms with Gasteiger partial charge in [-0.25, -0.2) is 9.28 Å². The Labute approximate surface area is 68.5 Å². The summed E-state index contributed by atoms with van der Waals surface area (Å²) in [7, 11) is 1.37. The molecule has 0 spiro atoms. The van der Waals surface area contributed by atoms with Gasteiger partial charge in [-0.2, -0.15) is 4.33 Å². The summed E-state index contributed by atoms with van der Waals surface area (Å²) in [6, 6.07) is 6.32. The van der Waals surface area contributed by atoms with E-state index in [-0.39, 0.29) is 5.82 Å². The first kappa shape index (κ1) is 8.52. The van der Waals surface area contributed by atoms with Crippen LogP contribution in [0.2, 0.25) is 0 Å². The SMILES string of the molecule is COOSc1ccccc1F. The second-order valence-corrected chi connectivity index (χ2v) is 2.49. The number of benzene rings is 1. The smallest absolute Gasteiger partial charge is 0.139 e. The van der Waals surface area contributed by atoms with Gasteiger partial charge in [-0.05, 0) is 12.1 Å². The van der Waals surface area contributed by atoms with Crippen molar-refractivity contribution in [2.45, 2.75) is 4.90 Å². The third kappa shape index (κ3) is 2.49. The third-order valence-corrected chi connectivity index (χ3v) is 1.74. The van der Waals surface area contributed by atoms with Crippen molar-refractivity contribution in [3.05, 3.63) is 30.1 Å². The Morgan fingerprint density at radius 1 is 1.36 bits per heavy atom. The van der Waals surface area contributed by atoms with E-state index in [0.717, 1.165) is 12.0 Å². The zero-order chi connectivity index (χ0) is 8.10. The van der Waals surface area contributed by atoms with Gasteiger partial charge in [-0.15, -0.1) is 0 Å². The molecule has 0 radical (unpaired) electrons. The summed E-state index contributed by atoms with van der Waals surface area (Å²) >= 11 is 0.850. The normalized spacial score (nSPS) is 10.0. The standard InChI is InChI=1S/C7H7FO2S/c1-9-10-11-7-5-3-2-4-6(7)8/h2-5H,1H3. The Bertz CT molecular complexity index is 229. The largest absolute Gasteiger partial charge is 0.227 e. The Morgan fingerprint density at radius 2 is 2.09 bits per heavy atom. The van der Waals surface area contributed by atoms with Crippen LogP contribution in [0.3, 0.4) is 0 Å². The molecule has 0 saturated carbocycles. The van der Waals surface area contributed by atoms with Crippen LogP contribution in [0.1, 0.15) is 0 Å². The molecule has 4 heteroatoms. The van der Waals surface area contributed by atoms with Gasteiger partial charge in [0, 0.05) is 0 Å². The average Bonchev–Trinajstić information content (AvgIpc) is 2.03. The molecule has 0 atom stereocenters. The molecule has 11 heavy (non-hydrogen) atoms. The van der Waals surface area contributed by atoms with Crippen molar-refractivity contribution in [2.24, 2.45) is 0 Å². The molecule has 0 saturated heterocycles. The fraction of sp³-hybridized carbons (Fsp3) is 0.143. The molecule has 0 bridgehead atoms. The van der Waals surface area contributed by atoms with Crippen LogP contribution in [0.15, 0.2) is 29.2 Å². The third-order valence-electron chi connectivity index (χ3n) is 1.03. The topological polar surface area (TPSA) is 18.5 Å². The fourth-order valence-corrected chi connectivity index (χ4v) is 1.01. The lowest BCUT2D eigenvalue weighted by Crippen LogP contribution is -1.81. The number of rotatable bonds is 3. The maximum atomic E-state index is 12.8. The van der Waals surface area contributed by atoms with Gasteiger partial charge >= 0.3 is 0 Å². The maximum Gasteiger partial charge on any atom is 0.139 e. The van der Waals surface area contributed by atoms with E-state index in [1.165, 1.54) is 13.2 Å². The second kappa shape index (κ2) is 4.33. The fourth-order valence-electron chi connectivity index (χ4n) is 0.583. The minimum atomic E-state index is -0.311. The van der Waals surface area contributed by atoms with Gasteiger partial charge in [-0.3, -0.25) is 0 Å². The number of halogens is 1. The lowest BCUT2D eigenvalue weighted by atomic mass is 10.4. The van der Waals surface area contributed by atoms with Crippen LogP contribution in [0, 0.1) is 5.82 Å². The van der Waals surface area contributed by atoms with Gasteiger partial charge in [0.2, 0.25) is 0 Å². The highest BCUT2D eigenvalue weighted by molar-refractivity contribution is 7.94. The minimum Gasteiger partial charge on any atom is -0.227 e. The van der Waals surface area contributed by atoms with E-state index in [4.69, 9.17) is 0 Å². The summed E-state index contributed by atoms with van der Waals surface area (Å²) in [5.41, 5.74) is 0. The molecule has 2 nitrogen and oxygen atoms in total. The predicted molar refractivity (Wildman–Crippen MR) is 40.4 cm³/mol. The van der Waals surface area contributed by atoms with Gasteiger partial charge in [0.15, 0.2) is 0 Å². The van der Waals surface area contributed by atoms with Crippen LogP contribution in [0.5, 0.6) is 0 Å². The van der Waals surface area contributed by atoms with E-state index in [0.29, 0.717) is 4.90 Å². The predicted octanol–water partition coefficient (Wildman–Crippen LogP) is 2.41. The zero-order valence-electron chi connectivity index (χ0n) is 5.91. The van der Waals surface area contributed by atoms with Crippen LogP contribution in [-0.4, -0.2) is 7.11 Å². The quantitative estimate of drug-likeness (QED) is 0.398. The second-order valence-electron chi connectivity index (χ2n) is 1.75. The first-order valence-corrected chi connectivity index (χ1v) is 3.70. The molecule has 0 heterocycles. The van der Waals surface area contributed by atoms with E-state index in [1.54, 1.807) is 18.2 Å². The van der Waals surface area contributed by atoms with Gasteiger partial charge < -0.3 is 0 Å². The van der Waals surface area contributed by atoms with Crippen LogP contribution in [0.4, 0.5) is 4.39 Å². The van der Waals surface area contributed by atoms with E-state index in [9.17, 15) is 4.39 Å². The molecule has 0 aliphatic heterocycles. The Kier molecular flexibility index (Phi) is 3.35. The molecule has 0 unspecified atom stereocenters. The van der Waals surface area contributed by atoms with Crippen LogP contribution < -0.4 is 0 Å². The molecular weight excluding hydrogens is 167 g/mol. The molecule has 0 aliphatic rings. The molecule has 0 aromatic heterocycles. The maximum absolute atomic E-state index is 12.8. The Morgan fingerprint density at radius 3 is 2.73 bits per heavy atom. The number of hydrogen-bond donors (Lipinski definition) is 0. The van der Waals surface area contributed by atoms with Crippen molar-refractivity contribution in [3.63, 3.8) is 0 Å².